The van der Waals surface area contributed by atoms with Crippen molar-refractivity contribution in [3.05, 3.63) is 82.8 Å². The number of unbranched alkanes of at least 4 members (excludes halogenated alkanes) is 1. The maximum Gasteiger partial charge on any atom is 0.161 e. The Bertz CT molecular complexity index is 678. The van der Waals surface area contributed by atoms with Crippen LogP contribution >= 0.6 is 0 Å². The van der Waals surface area contributed by atoms with Gasteiger partial charge in [0.05, 0.1) is 0 Å². The molecule has 0 heterocycles. The molecule has 0 aromatic heterocycles. The highest BCUT2D eigenvalue weighted by atomic mass is 19.2. The standard InChI is InChI=1S/C19H20F3N/c1-13(23)10-15-8-6-14(7-9-15)4-2-3-5-16-11-18(21)19(22)12-17(16)20/h6-9,11-12H,1-5,10,23H2. The lowest BCUT2D eigenvalue weighted by molar-refractivity contribution is 0.488. The fraction of sp³-hybridized carbons (Fsp3) is 0.263. The van der Waals surface area contributed by atoms with Gasteiger partial charge >= 0.3 is 0 Å². The Hall–Kier alpha value is -2.23. The predicted octanol–water partition coefficient (Wildman–Crippen LogP) is 4.68. The normalized spacial score (nSPS) is 10.7. The van der Waals surface area contributed by atoms with Crippen LogP contribution in [-0.4, -0.2) is 0 Å². The Morgan fingerprint density at radius 3 is 2.04 bits per heavy atom. The molecule has 0 atom stereocenters. The summed E-state index contributed by atoms with van der Waals surface area (Å²) in [4.78, 5) is 0. The number of hydrogen-bond donors (Lipinski definition) is 1. The Morgan fingerprint density at radius 1 is 0.826 bits per heavy atom. The van der Waals surface area contributed by atoms with Crippen molar-refractivity contribution in [2.24, 2.45) is 5.73 Å². The molecule has 2 aromatic carbocycles. The van der Waals surface area contributed by atoms with E-state index in [-0.39, 0.29) is 5.56 Å². The highest BCUT2D eigenvalue weighted by Crippen LogP contribution is 2.17. The summed E-state index contributed by atoms with van der Waals surface area (Å²) < 4.78 is 39.5. The van der Waals surface area contributed by atoms with E-state index in [0.29, 0.717) is 31.0 Å². The molecule has 2 N–H and O–H groups in total. The summed E-state index contributed by atoms with van der Waals surface area (Å²) in [5.41, 5.74) is 8.72. The van der Waals surface area contributed by atoms with E-state index < -0.39 is 17.5 Å². The minimum absolute atomic E-state index is 0.223. The molecule has 0 amide bonds. The van der Waals surface area contributed by atoms with Crippen molar-refractivity contribution in [3.63, 3.8) is 0 Å². The molecule has 1 nitrogen and oxygen atoms in total. The molecule has 0 radical (unpaired) electrons. The van der Waals surface area contributed by atoms with Crippen LogP contribution in [0.1, 0.15) is 29.5 Å². The number of halogens is 3. The van der Waals surface area contributed by atoms with Crippen molar-refractivity contribution >= 4 is 0 Å². The van der Waals surface area contributed by atoms with Crippen molar-refractivity contribution < 1.29 is 13.2 Å². The average molecular weight is 319 g/mol. The predicted molar refractivity (Wildman–Crippen MR) is 86.4 cm³/mol. The summed E-state index contributed by atoms with van der Waals surface area (Å²) in [6, 6.07) is 9.66. The van der Waals surface area contributed by atoms with Crippen LogP contribution in [0.4, 0.5) is 13.2 Å². The molecular formula is C19H20F3N. The van der Waals surface area contributed by atoms with Crippen LogP contribution in [0.2, 0.25) is 0 Å². The Kier molecular flexibility index (Phi) is 5.85. The van der Waals surface area contributed by atoms with Crippen LogP contribution in [0.3, 0.4) is 0 Å². The van der Waals surface area contributed by atoms with Gasteiger partial charge < -0.3 is 5.73 Å². The summed E-state index contributed by atoms with van der Waals surface area (Å²) in [7, 11) is 0. The van der Waals surface area contributed by atoms with Gasteiger partial charge in [0.15, 0.2) is 11.6 Å². The summed E-state index contributed by atoms with van der Waals surface area (Å²) >= 11 is 0. The highest BCUT2D eigenvalue weighted by molar-refractivity contribution is 5.25. The minimum atomic E-state index is -1.15. The van der Waals surface area contributed by atoms with Gasteiger partial charge in [-0.1, -0.05) is 30.8 Å². The van der Waals surface area contributed by atoms with Gasteiger partial charge in [0.2, 0.25) is 0 Å². The van der Waals surface area contributed by atoms with Gasteiger partial charge in [-0.15, -0.1) is 0 Å². The van der Waals surface area contributed by atoms with Crippen molar-refractivity contribution in [1.82, 2.24) is 0 Å². The third-order valence-electron chi connectivity index (χ3n) is 3.71. The summed E-state index contributed by atoms with van der Waals surface area (Å²) in [5.74, 6) is -2.83. The second-order valence-electron chi connectivity index (χ2n) is 5.72. The van der Waals surface area contributed by atoms with E-state index in [0.717, 1.165) is 24.5 Å². The number of nitrogens with two attached hydrogens (primary N) is 1. The molecule has 0 saturated heterocycles. The molecule has 0 aliphatic carbocycles. The maximum absolute atomic E-state index is 13.5. The zero-order chi connectivity index (χ0) is 16.8. The van der Waals surface area contributed by atoms with Crippen molar-refractivity contribution in [3.8, 4) is 0 Å². The van der Waals surface area contributed by atoms with Gasteiger partial charge in [-0.25, -0.2) is 13.2 Å². The van der Waals surface area contributed by atoms with Gasteiger partial charge in [-0.3, -0.25) is 0 Å². The van der Waals surface area contributed by atoms with Gasteiger partial charge in [-0.05, 0) is 48.4 Å². The van der Waals surface area contributed by atoms with E-state index in [4.69, 9.17) is 5.73 Å². The second kappa shape index (κ2) is 7.86. The molecule has 0 fully saturated rings. The van der Waals surface area contributed by atoms with Crippen LogP contribution in [0, 0.1) is 17.5 Å². The molecule has 0 spiro atoms. The van der Waals surface area contributed by atoms with E-state index in [1.807, 2.05) is 24.3 Å². The first-order chi connectivity index (χ1) is 11.0. The van der Waals surface area contributed by atoms with Crippen LogP contribution in [0.5, 0.6) is 0 Å². The number of benzene rings is 2. The summed E-state index contributed by atoms with van der Waals surface area (Å²) in [6.07, 6.45) is 3.48. The molecule has 23 heavy (non-hydrogen) atoms. The number of allylic oxidation sites excluding steroid dienone is 1. The Morgan fingerprint density at radius 2 is 1.39 bits per heavy atom. The van der Waals surface area contributed by atoms with Crippen LogP contribution in [0.25, 0.3) is 0 Å². The lowest BCUT2D eigenvalue weighted by Gasteiger charge is -2.06. The highest BCUT2D eigenvalue weighted by Gasteiger charge is 2.09. The molecule has 122 valence electrons. The molecule has 0 unspecified atom stereocenters. The largest absolute Gasteiger partial charge is 0.402 e. The van der Waals surface area contributed by atoms with E-state index in [1.54, 1.807) is 0 Å². The van der Waals surface area contributed by atoms with Crippen LogP contribution in [0.15, 0.2) is 48.7 Å². The van der Waals surface area contributed by atoms with Crippen molar-refractivity contribution in [2.75, 3.05) is 0 Å². The van der Waals surface area contributed by atoms with E-state index in [2.05, 4.69) is 6.58 Å². The molecule has 0 saturated carbocycles. The first-order valence-electron chi connectivity index (χ1n) is 7.60. The molecule has 4 heteroatoms. The van der Waals surface area contributed by atoms with Crippen LogP contribution < -0.4 is 5.73 Å². The van der Waals surface area contributed by atoms with E-state index in [9.17, 15) is 13.2 Å². The van der Waals surface area contributed by atoms with Gasteiger partial charge in [-0.2, -0.15) is 0 Å². The average Bonchev–Trinajstić information content (AvgIpc) is 2.49. The quantitative estimate of drug-likeness (QED) is 0.582. The zero-order valence-electron chi connectivity index (χ0n) is 12.9. The number of hydrogen-bond acceptors (Lipinski definition) is 1. The van der Waals surface area contributed by atoms with Gasteiger partial charge in [0.25, 0.3) is 0 Å². The Balaban J connectivity index is 1.81. The van der Waals surface area contributed by atoms with Crippen molar-refractivity contribution in [2.45, 2.75) is 32.1 Å². The topological polar surface area (TPSA) is 26.0 Å². The molecular weight excluding hydrogens is 299 g/mol. The van der Waals surface area contributed by atoms with Gasteiger partial charge in [0, 0.05) is 18.2 Å². The van der Waals surface area contributed by atoms with Crippen LogP contribution in [-0.2, 0) is 19.3 Å². The molecule has 0 bridgehead atoms. The second-order valence-corrected chi connectivity index (χ2v) is 5.72. The summed E-state index contributed by atoms with van der Waals surface area (Å²) in [6.45, 7) is 3.68. The lowest BCUT2D eigenvalue weighted by Crippen LogP contribution is -1.99. The molecule has 2 rings (SSSR count). The SMILES string of the molecule is C=C(N)Cc1ccc(CCCCc2cc(F)c(F)cc2F)cc1. The minimum Gasteiger partial charge on any atom is -0.402 e. The number of rotatable bonds is 7. The first kappa shape index (κ1) is 17.1. The van der Waals surface area contributed by atoms with E-state index >= 15 is 0 Å². The fourth-order valence-corrected chi connectivity index (χ4v) is 2.49. The smallest absolute Gasteiger partial charge is 0.161 e. The zero-order valence-corrected chi connectivity index (χ0v) is 12.9. The monoisotopic (exact) mass is 319 g/mol. The van der Waals surface area contributed by atoms with Gasteiger partial charge in [0.1, 0.15) is 5.82 Å². The lowest BCUT2D eigenvalue weighted by atomic mass is 10.0. The molecule has 2 aromatic rings. The number of aryl methyl sites for hydroxylation is 2. The summed E-state index contributed by atoms with van der Waals surface area (Å²) in [5, 5.41) is 0. The van der Waals surface area contributed by atoms with Crippen molar-refractivity contribution in [1.29, 1.82) is 0 Å². The molecule has 0 aliphatic heterocycles. The fourth-order valence-electron chi connectivity index (χ4n) is 2.49. The third kappa shape index (κ3) is 5.16. The maximum atomic E-state index is 13.5. The Labute approximate surface area is 134 Å². The molecule has 0 aliphatic rings. The first-order valence-corrected chi connectivity index (χ1v) is 7.60. The van der Waals surface area contributed by atoms with E-state index in [1.165, 1.54) is 5.56 Å². The third-order valence-corrected chi connectivity index (χ3v) is 3.71.